The Labute approximate surface area is 269 Å². The van der Waals surface area contributed by atoms with Gasteiger partial charge in [0.25, 0.3) is 0 Å². The van der Waals surface area contributed by atoms with Gasteiger partial charge in [0.2, 0.25) is 5.95 Å². The molecule has 220 valence electrons. The van der Waals surface area contributed by atoms with Crippen LogP contribution >= 0.6 is 0 Å². The Bertz CT molecular complexity index is 2820. The average Bonchev–Trinajstić information content (AvgIpc) is 3.77. The zero-order valence-electron chi connectivity index (χ0n) is 25.2. The lowest BCUT2D eigenvalue weighted by molar-refractivity contribution is 0.929. The number of hydrogen-bond donors (Lipinski definition) is 0. The summed E-state index contributed by atoms with van der Waals surface area (Å²) in [5.74, 6) is 1.09. The van der Waals surface area contributed by atoms with E-state index in [1.807, 2.05) is 0 Å². The van der Waals surface area contributed by atoms with Gasteiger partial charge in [0, 0.05) is 43.7 Å². The van der Waals surface area contributed by atoms with Gasteiger partial charge in [-0.1, -0.05) is 91.5 Å². The molecule has 0 aliphatic carbocycles. The maximum atomic E-state index is 4.81. The third-order valence-corrected chi connectivity index (χ3v) is 9.36. The second-order valence-electron chi connectivity index (χ2n) is 11.8. The topological polar surface area (TPSA) is 53.5 Å². The summed E-state index contributed by atoms with van der Waals surface area (Å²) < 4.78 is 6.94. The SMILES string of the molecule is C=Cc1ncnc(-n2c3ccccc3c3ccc4c5cc(-n6c7ccccc7c7ccccc76)ccc5n(-c5ccccc5)c4c32)n1. The zero-order valence-corrected chi connectivity index (χ0v) is 25.2. The summed E-state index contributed by atoms with van der Waals surface area (Å²) in [7, 11) is 0. The highest BCUT2D eigenvalue weighted by molar-refractivity contribution is 6.24. The van der Waals surface area contributed by atoms with E-state index in [0.29, 0.717) is 11.8 Å². The van der Waals surface area contributed by atoms with Gasteiger partial charge in [-0.3, -0.25) is 4.57 Å². The minimum Gasteiger partial charge on any atom is -0.309 e. The first-order chi connectivity index (χ1) is 23.3. The summed E-state index contributed by atoms with van der Waals surface area (Å²) in [5, 5.41) is 7.09. The summed E-state index contributed by atoms with van der Waals surface area (Å²) in [6, 6.07) is 47.7. The minimum atomic E-state index is 0.535. The number of rotatable bonds is 4. The van der Waals surface area contributed by atoms with Crippen LogP contribution in [-0.2, 0) is 0 Å². The average molecular weight is 603 g/mol. The van der Waals surface area contributed by atoms with E-state index in [4.69, 9.17) is 4.98 Å². The highest BCUT2D eigenvalue weighted by Crippen LogP contribution is 2.42. The summed E-state index contributed by atoms with van der Waals surface area (Å²) >= 11 is 0. The van der Waals surface area contributed by atoms with Crippen LogP contribution in [0.3, 0.4) is 0 Å². The van der Waals surface area contributed by atoms with Crippen molar-refractivity contribution in [2.45, 2.75) is 0 Å². The van der Waals surface area contributed by atoms with Crippen molar-refractivity contribution in [3.63, 3.8) is 0 Å². The summed E-state index contributed by atoms with van der Waals surface area (Å²) in [4.78, 5) is 13.8. The molecule has 0 aliphatic heterocycles. The van der Waals surface area contributed by atoms with Crippen LogP contribution in [0.5, 0.6) is 0 Å². The van der Waals surface area contributed by atoms with E-state index >= 15 is 0 Å². The second-order valence-corrected chi connectivity index (χ2v) is 11.8. The molecule has 0 fully saturated rings. The molecular weight excluding hydrogens is 576 g/mol. The largest absolute Gasteiger partial charge is 0.309 e. The second kappa shape index (κ2) is 9.73. The number of nitrogens with zero attached hydrogens (tertiary/aromatic N) is 6. The summed E-state index contributed by atoms with van der Waals surface area (Å²) in [6.45, 7) is 3.91. The van der Waals surface area contributed by atoms with Gasteiger partial charge in [-0.25, -0.2) is 9.97 Å². The maximum absolute atomic E-state index is 4.81. The highest BCUT2D eigenvalue weighted by atomic mass is 15.2. The molecule has 0 radical (unpaired) electrons. The number of para-hydroxylation sites is 4. The van der Waals surface area contributed by atoms with Crippen LogP contribution in [0, 0.1) is 0 Å². The highest BCUT2D eigenvalue weighted by Gasteiger charge is 2.23. The van der Waals surface area contributed by atoms with Crippen LogP contribution in [-0.4, -0.2) is 28.7 Å². The van der Waals surface area contributed by atoms with Gasteiger partial charge in [-0.15, -0.1) is 0 Å². The van der Waals surface area contributed by atoms with Gasteiger partial charge in [0.1, 0.15) is 6.33 Å². The standard InChI is InChI=1S/C41H26N6/c1-2-38-42-25-43-41(44-38)47-36-19-11-8-16-30(36)31-21-22-32-33-24-27(45-34-17-9-6-14-28(34)29-15-7-10-18-35(29)45)20-23-37(33)46(39(32)40(31)47)26-12-4-3-5-13-26/h2-25H,1H2. The Morgan fingerprint density at radius 3 is 1.68 bits per heavy atom. The van der Waals surface area contributed by atoms with E-state index in [-0.39, 0.29) is 0 Å². The molecule has 0 atom stereocenters. The molecule has 4 heterocycles. The third kappa shape index (κ3) is 3.58. The van der Waals surface area contributed by atoms with Gasteiger partial charge in [-0.2, -0.15) is 4.98 Å². The fraction of sp³-hybridized carbons (Fsp3) is 0. The van der Waals surface area contributed by atoms with Gasteiger partial charge >= 0.3 is 0 Å². The predicted molar refractivity (Wildman–Crippen MR) is 193 cm³/mol. The summed E-state index contributed by atoms with van der Waals surface area (Å²) in [5.41, 5.74) is 8.89. The van der Waals surface area contributed by atoms with Crippen LogP contribution in [0.1, 0.15) is 5.82 Å². The third-order valence-electron chi connectivity index (χ3n) is 9.36. The number of fused-ring (bicyclic) bond motifs is 10. The van der Waals surface area contributed by atoms with Crippen molar-refractivity contribution in [2.24, 2.45) is 0 Å². The Balaban J connectivity index is 1.39. The van der Waals surface area contributed by atoms with Crippen LogP contribution in [0.25, 0.3) is 88.8 Å². The fourth-order valence-corrected chi connectivity index (χ4v) is 7.44. The molecule has 4 aromatic heterocycles. The molecule has 6 aromatic carbocycles. The van der Waals surface area contributed by atoms with Crippen LogP contribution in [0.4, 0.5) is 0 Å². The molecule has 6 heteroatoms. The van der Waals surface area contributed by atoms with Crippen molar-refractivity contribution in [1.29, 1.82) is 0 Å². The molecule has 10 aromatic rings. The summed E-state index contributed by atoms with van der Waals surface area (Å²) in [6.07, 6.45) is 3.22. The first kappa shape index (κ1) is 25.8. The van der Waals surface area contributed by atoms with Gasteiger partial charge in [0.05, 0.1) is 33.1 Å². The molecule has 10 rings (SSSR count). The van der Waals surface area contributed by atoms with E-state index in [2.05, 4.69) is 164 Å². The number of hydrogen-bond acceptors (Lipinski definition) is 3. The lowest BCUT2D eigenvalue weighted by Gasteiger charge is -2.12. The van der Waals surface area contributed by atoms with E-state index in [0.717, 1.165) is 49.6 Å². The van der Waals surface area contributed by atoms with Crippen molar-refractivity contribution in [2.75, 3.05) is 0 Å². The number of benzene rings is 6. The molecule has 0 amide bonds. The van der Waals surface area contributed by atoms with Crippen molar-refractivity contribution >= 4 is 71.5 Å². The van der Waals surface area contributed by atoms with E-state index in [1.54, 1.807) is 12.4 Å². The fourth-order valence-electron chi connectivity index (χ4n) is 7.44. The number of aromatic nitrogens is 6. The molecule has 0 unspecified atom stereocenters. The lowest BCUT2D eigenvalue weighted by atomic mass is 10.1. The van der Waals surface area contributed by atoms with Crippen molar-refractivity contribution < 1.29 is 0 Å². The van der Waals surface area contributed by atoms with E-state index in [9.17, 15) is 0 Å². The van der Waals surface area contributed by atoms with Gasteiger partial charge in [-0.05, 0) is 54.6 Å². The van der Waals surface area contributed by atoms with Crippen molar-refractivity contribution in [1.82, 2.24) is 28.7 Å². The maximum Gasteiger partial charge on any atom is 0.238 e. The molecule has 0 bridgehead atoms. The lowest BCUT2D eigenvalue weighted by Crippen LogP contribution is -2.04. The normalized spacial score (nSPS) is 11.9. The van der Waals surface area contributed by atoms with E-state index < -0.39 is 0 Å². The minimum absolute atomic E-state index is 0.535. The van der Waals surface area contributed by atoms with Crippen molar-refractivity contribution in [3.8, 4) is 17.3 Å². The van der Waals surface area contributed by atoms with Gasteiger partial charge in [0.15, 0.2) is 5.82 Å². The zero-order chi connectivity index (χ0) is 31.1. The first-order valence-corrected chi connectivity index (χ1v) is 15.7. The van der Waals surface area contributed by atoms with Crippen LogP contribution < -0.4 is 0 Å². The Morgan fingerprint density at radius 2 is 1.00 bits per heavy atom. The quantitative estimate of drug-likeness (QED) is 0.201. The molecule has 0 saturated heterocycles. The molecule has 0 saturated carbocycles. The molecule has 0 spiro atoms. The van der Waals surface area contributed by atoms with Gasteiger partial charge < -0.3 is 9.13 Å². The Kier molecular flexibility index (Phi) is 5.33. The van der Waals surface area contributed by atoms with Crippen LogP contribution in [0.15, 0.2) is 146 Å². The molecule has 47 heavy (non-hydrogen) atoms. The molecule has 0 aliphatic rings. The predicted octanol–water partition coefficient (Wildman–Crippen LogP) is 9.81. The molecule has 6 nitrogen and oxygen atoms in total. The monoisotopic (exact) mass is 602 g/mol. The van der Waals surface area contributed by atoms with Crippen LogP contribution in [0.2, 0.25) is 0 Å². The smallest absolute Gasteiger partial charge is 0.238 e. The van der Waals surface area contributed by atoms with E-state index in [1.165, 1.54) is 27.2 Å². The molecular formula is C41H26N6. The molecule has 0 N–H and O–H groups in total. The Morgan fingerprint density at radius 1 is 0.447 bits per heavy atom. The first-order valence-electron chi connectivity index (χ1n) is 15.7. The Hall–Kier alpha value is -6.53. The van der Waals surface area contributed by atoms with Crippen molar-refractivity contribution in [3.05, 3.63) is 152 Å².